The lowest BCUT2D eigenvalue weighted by Crippen LogP contribution is -2.43. The van der Waals surface area contributed by atoms with Gasteiger partial charge in [-0.2, -0.15) is 0 Å². The Kier molecular flexibility index (Phi) is 9.60. The zero-order valence-electron chi connectivity index (χ0n) is 27.4. The van der Waals surface area contributed by atoms with Gasteiger partial charge in [-0.25, -0.2) is 9.78 Å². The van der Waals surface area contributed by atoms with Gasteiger partial charge in [-0.05, 0) is 96.0 Å². The molecule has 46 heavy (non-hydrogen) atoms. The molecule has 1 unspecified atom stereocenters. The molecule has 1 N–H and O–H groups in total. The number of carbonyl (C=O) groups is 2. The fourth-order valence-corrected chi connectivity index (χ4v) is 7.72. The number of amides is 1. The van der Waals surface area contributed by atoms with Crippen molar-refractivity contribution in [2.24, 2.45) is 5.92 Å². The van der Waals surface area contributed by atoms with Crippen LogP contribution in [0.25, 0.3) is 16.3 Å². The molecule has 1 amide bonds. The summed E-state index contributed by atoms with van der Waals surface area (Å²) in [5.41, 5.74) is 3.90. The fourth-order valence-electron chi connectivity index (χ4n) is 6.60. The van der Waals surface area contributed by atoms with E-state index in [4.69, 9.17) is 14.5 Å². The fraction of sp³-hybridized carbons (Fsp3) is 0.410. The number of ether oxygens (including phenoxy) is 2. The summed E-state index contributed by atoms with van der Waals surface area (Å²) in [5, 5.41) is 4.86. The van der Waals surface area contributed by atoms with Crippen molar-refractivity contribution in [3.8, 4) is 11.5 Å². The van der Waals surface area contributed by atoms with E-state index in [-0.39, 0.29) is 11.3 Å². The number of pyridine rings is 1. The Hall–Kier alpha value is -3.97. The molecule has 1 fully saturated rings. The smallest absolute Gasteiger partial charge is 0.328 e. The first-order valence-electron chi connectivity index (χ1n) is 16.5. The van der Waals surface area contributed by atoms with E-state index < -0.39 is 12.0 Å². The number of hydrogen-bond acceptors (Lipinski definition) is 6. The lowest BCUT2D eigenvalue weighted by atomic mass is 9.87. The number of methoxy groups -OCH3 is 1. The molecule has 0 saturated heterocycles. The van der Waals surface area contributed by atoms with Crippen LogP contribution in [0.3, 0.4) is 0 Å². The largest absolute Gasteiger partial charge is 0.467 e. The Morgan fingerprint density at radius 1 is 0.978 bits per heavy atom. The van der Waals surface area contributed by atoms with E-state index in [9.17, 15) is 9.59 Å². The first-order valence-corrected chi connectivity index (χ1v) is 17.4. The normalized spacial score (nSPS) is 16.0. The van der Waals surface area contributed by atoms with Gasteiger partial charge in [-0.1, -0.05) is 70.7 Å². The highest BCUT2D eigenvalue weighted by Crippen LogP contribution is 2.35. The minimum absolute atomic E-state index is 0.0731. The summed E-state index contributed by atoms with van der Waals surface area (Å²) >= 11 is 1.68. The zero-order chi connectivity index (χ0) is 32.3. The molecular formula is C39H44N2O4S. The van der Waals surface area contributed by atoms with Crippen LogP contribution in [0.4, 0.5) is 0 Å². The number of esters is 1. The van der Waals surface area contributed by atoms with Crippen LogP contribution in [0.1, 0.15) is 97.2 Å². The summed E-state index contributed by atoms with van der Waals surface area (Å²) in [7, 11) is 1.36. The predicted octanol–water partition coefficient (Wildman–Crippen LogP) is 9.20. The van der Waals surface area contributed by atoms with Crippen molar-refractivity contribution in [3.05, 3.63) is 93.4 Å². The summed E-state index contributed by atoms with van der Waals surface area (Å²) in [6.07, 6.45) is 11.6. The van der Waals surface area contributed by atoms with Crippen molar-refractivity contribution in [1.82, 2.24) is 10.3 Å². The predicted molar refractivity (Wildman–Crippen MR) is 186 cm³/mol. The number of rotatable bonds is 10. The molecule has 240 valence electrons. The minimum Gasteiger partial charge on any atom is -0.467 e. The zero-order valence-corrected chi connectivity index (χ0v) is 28.2. The maximum Gasteiger partial charge on any atom is 0.328 e. The molecule has 0 aliphatic heterocycles. The van der Waals surface area contributed by atoms with Gasteiger partial charge in [0.15, 0.2) is 0 Å². The first kappa shape index (κ1) is 32.0. The van der Waals surface area contributed by atoms with E-state index in [0.717, 1.165) is 52.1 Å². The Labute approximate surface area is 276 Å². The quantitative estimate of drug-likeness (QED) is 0.176. The highest BCUT2D eigenvalue weighted by molar-refractivity contribution is 7.13. The Morgan fingerprint density at radius 2 is 1.74 bits per heavy atom. The van der Waals surface area contributed by atoms with Gasteiger partial charge < -0.3 is 14.8 Å². The van der Waals surface area contributed by atoms with Crippen molar-refractivity contribution < 1.29 is 19.1 Å². The number of fused-ring (bicyclic) bond motifs is 1. The third-order valence-electron chi connectivity index (χ3n) is 9.24. The van der Waals surface area contributed by atoms with Gasteiger partial charge in [0, 0.05) is 27.3 Å². The number of aromatic nitrogens is 1. The van der Waals surface area contributed by atoms with Crippen molar-refractivity contribution in [1.29, 1.82) is 0 Å². The van der Waals surface area contributed by atoms with Crippen molar-refractivity contribution in [2.45, 2.75) is 90.0 Å². The van der Waals surface area contributed by atoms with Gasteiger partial charge >= 0.3 is 5.97 Å². The van der Waals surface area contributed by atoms with E-state index >= 15 is 0 Å². The van der Waals surface area contributed by atoms with Crippen LogP contribution < -0.4 is 10.1 Å². The molecule has 6 rings (SSSR count). The first-order chi connectivity index (χ1) is 22.2. The highest BCUT2D eigenvalue weighted by Gasteiger charge is 2.26. The molecule has 0 bridgehead atoms. The molecule has 2 heterocycles. The number of benzene rings is 2. The molecule has 0 radical (unpaired) electrons. The van der Waals surface area contributed by atoms with Gasteiger partial charge in [0.1, 0.15) is 23.2 Å². The Morgan fingerprint density at radius 3 is 2.43 bits per heavy atom. The summed E-state index contributed by atoms with van der Waals surface area (Å²) in [6, 6.07) is 19.4. The third-order valence-corrected chi connectivity index (χ3v) is 10.4. The Bertz CT molecular complexity index is 1740. The summed E-state index contributed by atoms with van der Waals surface area (Å²) < 4.78 is 11.4. The monoisotopic (exact) mass is 636 g/mol. The number of carbonyl (C=O) groups excluding carboxylic acids is 2. The van der Waals surface area contributed by atoms with Gasteiger partial charge in [0.05, 0.1) is 7.11 Å². The molecule has 4 aromatic rings. The molecule has 6 nitrogen and oxygen atoms in total. The number of thiophene rings is 1. The second-order valence-electron chi connectivity index (χ2n) is 13.7. The van der Waals surface area contributed by atoms with Gasteiger partial charge in [0.2, 0.25) is 0 Å². The van der Waals surface area contributed by atoms with Crippen LogP contribution in [0.2, 0.25) is 0 Å². The van der Waals surface area contributed by atoms with Gasteiger partial charge in [-0.3, -0.25) is 4.79 Å². The summed E-state index contributed by atoms with van der Waals surface area (Å²) in [6.45, 7) is 6.59. The maximum absolute atomic E-state index is 13.7. The second-order valence-corrected chi connectivity index (χ2v) is 14.9. The van der Waals surface area contributed by atoms with Crippen LogP contribution >= 0.6 is 11.3 Å². The van der Waals surface area contributed by atoms with Crippen LogP contribution in [0.15, 0.2) is 66.7 Å². The van der Waals surface area contributed by atoms with Crippen LogP contribution in [0.5, 0.6) is 11.5 Å². The Balaban J connectivity index is 1.25. The minimum atomic E-state index is -0.808. The number of hydrogen-bond donors (Lipinski definition) is 1. The van der Waals surface area contributed by atoms with E-state index in [0.29, 0.717) is 18.0 Å². The number of nitrogens with one attached hydrogen (secondary N) is 1. The van der Waals surface area contributed by atoms with E-state index in [1.54, 1.807) is 11.3 Å². The van der Waals surface area contributed by atoms with Gasteiger partial charge in [-0.15, -0.1) is 11.3 Å². The van der Waals surface area contributed by atoms with Gasteiger partial charge in [0.25, 0.3) is 5.91 Å². The van der Waals surface area contributed by atoms with Crippen LogP contribution in [0, 0.1) is 5.92 Å². The molecule has 2 aliphatic carbocycles. The van der Waals surface area contributed by atoms with Crippen molar-refractivity contribution in [3.63, 3.8) is 0 Å². The maximum atomic E-state index is 13.7. The lowest BCUT2D eigenvalue weighted by molar-refractivity contribution is -0.142. The van der Waals surface area contributed by atoms with E-state index in [2.05, 4.69) is 50.4 Å². The molecule has 2 aromatic heterocycles. The molecule has 2 aliphatic rings. The standard InChI is InChI=1S/C39H44N2O4S/c1-39(2,3)28-14-17-29(18-15-28)45-30-16-13-27-22-34(40-33(32(27)23-30)21-25-9-5-6-10-25)37(42)41-35(38(43)44-4)24-31-19-20-36(46-31)26-11-7-8-12-26/h11,13-20,22-23,25,35H,5-10,12,21,24H2,1-4H3,(H,41,42). The molecule has 1 atom stereocenters. The third kappa shape index (κ3) is 7.52. The molecule has 1 saturated carbocycles. The summed E-state index contributed by atoms with van der Waals surface area (Å²) in [4.78, 5) is 33.7. The molecular weight excluding hydrogens is 593 g/mol. The average molecular weight is 637 g/mol. The van der Waals surface area contributed by atoms with Crippen molar-refractivity contribution in [2.75, 3.05) is 7.11 Å². The average Bonchev–Trinajstić information content (AvgIpc) is 3.84. The molecule has 7 heteroatoms. The number of nitrogens with zero attached hydrogens (tertiary/aromatic N) is 1. The topological polar surface area (TPSA) is 77.5 Å². The number of allylic oxidation sites excluding steroid dienone is 2. The van der Waals surface area contributed by atoms with Crippen LogP contribution in [-0.2, 0) is 27.8 Å². The highest BCUT2D eigenvalue weighted by atomic mass is 32.1. The van der Waals surface area contributed by atoms with Crippen LogP contribution in [-0.4, -0.2) is 30.0 Å². The van der Waals surface area contributed by atoms with E-state index in [1.807, 2.05) is 42.5 Å². The molecule has 0 spiro atoms. The molecule has 2 aromatic carbocycles. The lowest BCUT2D eigenvalue weighted by Gasteiger charge is -2.19. The second kappa shape index (κ2) is 13.8. The summed E-state index contributed by atoms with van der Waals surface area (Å²) in [5.74, 6) is 1.21. The van der Waals surface area contributed by atoms with E-state index in [1.165, 1.54) is 55.2 Å². The SMILES string of the molecule is COC(=O)C(Cc1ccc(C2=CCCC2)s1)NC(=O)c1cc2ccc(Oc3ccc(C(C)(C)C)cc3)cc2c(CC2CCCC2)n1. The van der Waals surface area contributed by atoms with Crippen molar-refractivity contribution >= 4 is 39.6 Å².